The van der Waals surface area contributed by atoms with E-state index in [1.165, 1.54) is 0 Å². The highest BCUT2D eigenvalue weighted by atomic mass is 16.5. The van der Waals surface area contributed by atoms with Crippen molar-refractivity contribution in [3.63, 3.8) is 0 Å². The van der Waals surface area contributed by atoms with Crippen LogP contribution in [0.15, 0.2) is 55.2 Å². The summed E-state index contributed by atoms with van der Waals surface area (Å²) < 4.78 is 11.2. The fraction of sp³-hybridized carbons (Fsp3) is 0.211. The van der Waals surface area contributed by atoms with E-state index in [4.69, 9.17) is 4.74 Å². The van der Waals surface area contributed by atoms with Gasteiger partial charge in [-0.1, -0.05) is 6.07 Å². The van der Waals surface area contributed by atoms with E-state index in [-0.39, 0.29) is 0 Å². The van der Waals surface area contributed by atoms with Crippen molar-refractivity contribution in [3.8, 4) is 23.0 Å². The Morgan fingerprint density at radius 1 is 1.19 bits per heavy atom. The molecule has 26 heavy (non-hydrogen) atoms. The predicted molar refractivity (Wildman–Crippen MR) is 98.4 cm³/mol. The Morgan fingerprint density at radius 2 is 2.08 bits per heavy atom. The van der Waals surface area contributed by atoms with Gasteiger partial charge in [0.2, 0.25) is 0 Å². The number of aryl methyl sites for hydroxylation is 2. The predicted octanol–water partition coefficient (Wildman–Crippen LogP) is 2.83. The molecule has 4 aromatic rings. The summed E-state index contributed by atoms with van der Waals surface area (Å²) in [6.45, 7) is 2.66. The fourth-order valence-electron chi connectivity index (χ4n) is 2.87. The van der Waals surface area contributed by atoms with Crippen LogP contribution in [0.2, 0.25) is 0 Å². The van der Waals surface area contributed by atoms with Crippen molar-refractivity contribution < 1.29 is 4.74 Å². The Balaban J connectivity index is 1.60. The molecule has 0 radical (unpaired) electrons. The van der Waals surface area contributed by atoms with E-state index >= 15 is 0 Å². The SMILES string of the molecule is COc1cccc(-n2cc(Cn3ccnc3-c3cn(C)c(C)n3)cn2)c1. The van der Waals surface area contributed by atoms with Gasteiger partial charge in [0, 0.05) is 43.5 Å². The van der Waals surface area contributed by atoms with Gasteiger partial charge in [-0.25, -0.2) is 14.6 Å². The lowest BCUT2D eigenvalue weighted by Crippen LogP contribution is -2.01. The number of imidazole rings is 2. The van der Waals surface area contributed by atoms with Crippen molar-refractivity contribution in [1.29, 1.82) is 0 Å². The molecule has 0 bridgehead atoms. The van der Waals surface area contributed by atoms with Crippen LogP contribution >= 0.6 is 0 Å². The third-order valence-corrected chi connectivity index (χ3v) is 4.36. The quantitative estimate of drug-likeness (QED) is 0.556. The van der Waals surface area contributed by atoms with Gasteiger partial charge in [-0.15, -0.1) is 0 Å². The second kappa shape index (κ2) is 6.51. The van der Waals surface area contributed by atoms with Crippen molar-refractivity contribution in [2.45, 2.75) is 13.5 Å². The lowest BCUT2D eigenvalue weighted by atomic mass is 10.3. The number of hydrogen-bond acceptors (Lipinski definition) is 4. The van der Waals surface area contributed by atoms with E-state index in [9.17, 15) is 0 Å². The molecular formula is C19H20N6O. The molecular weight excluding hydrogens is 328 g/mol. The number of hydrogen-bond donors (Lipinski definition) is 0. The van der Waals surface area contributed by atoms with E-state index in [0.29, 0.717) is 6.54 Å². The summed E-state index contributed by atoms with van der Waals surface area (Å²) in [5, 5.41) is 4.47. The van der Waals surface area contributed by atoms with Gasteiger partial charge in [0.05, 0.1) is 25.5 Å². The Kier molecular flexibility index (Phi) is 4.04. The minimum atomic E-state index is 0.676. The van der Waals surface area contributed by atoms with E-state index < -0.39 is 0 Å². The molecule has 3 aromatic heterocycles. The molecule has 0 N–H and O–H groups in total. The molecule has 0 aliphatic rings. The summed E-state index contributed by atoms with van der Waals surface area (Å²) >= 11 is 0. The minimum Gasteiger partial charge on any atom is -0.497 e. The van der Waals surface area contributed by atoms with Crippen LogP contribution in [0.4, 0.5) is 0 Å². The first kappa shape index (κ1) is 16.1. The van der Waals surface area contributed by atoms with Crippen molar-refractivity contribution in [3.05, 3.63) is 66.6 Å². The molecule has 0 spiro atoms. The van der Waals surface area contributed by atoms with Crippen molar-refractivity contribution in [2.24, 2.45) is 7.05 Å². The van der Waals surface area contributed by atoms with Crippen molar-refractivity contribution >= 4 is 0 Å². The molecule has 0 unspecified atom stereocenters. The van der Waals surface area contributed by atoms with Gasteiger partial charge < -0.3 is 13.9 Å². The van der Waals surface area contributed by atoms with Gasteiger partial charge in [0.25, 0.3) is 0 Å². The first-order valence-electron chi connectivity index (χ1n) is 8.33. The van der Waals surface area contributed by atoms with Crippen LogP contribution in [0.25, 0.3) is 17.2 Å². The molecule has 0 amide bonds. The molecule has 7 heteroatoms. The second-order valence-corrected chi connectivity index (χ2v) is 6.16. The van der Waals surface area contributed by atoms with Gasteiger partial charge in [-0.2, -0.15) is 5.10 Å². The molecule has 3 heterocycles. The topological polar surface area (TPSA) is 62.7 Å². The highest BCUT2D eigenvalue weighted by Gasteiger charge is 2.12. The molecule has 0 saturated carbocycles. The number of methoxy groups -OCH3 is 1. The zero-order valence-corrected chi connectivity index (χ0v) is 15.0. The van der Waals surface area contributed by atoms with Crippen LogP contribution in [-0.2, 0) is 13.6 Å². The van der Waals surface area contributed by atoms with Gasteiger partial charge in [0.15, 0.2) is 5.82 Å². The number of ether oxygens (including phenoxy) is 1. The van der Waals surface area contributed by atoms with E-state index in [2.05, 4.69) is 19.6 Å². The first-order chi connectivity index (χ1) is 12.6. The van der Waals surface area contributed by atoms with Crippen molar-refractivity contribution in [1.82, 2.24) is 28.9 Å². The van der Waals surface area contributed by atoms with E-state index in [0.717, 1.165) is 34.3 Å². The summed E-state index contributed by atoms with van der Waals surface area (Å²) in [6, 6.07) is 7.82. The third kappa shape index (κ3) is 2.99. The Bertz CT molecular complexity index is 1020. The summed E-state index contributed by atoms with van der Waals surface area (Å²) in [5.74, 6) is 2.62. The maximum Gasteiger partial charge on any atom is 0.160 e. The average molecular weight is 348 g/mol. The standard InChI is InChI=1S/C19H20N6O/c1-14-22-18(13-23(14)2)19-20-7-8-24(19)11-15-10-21-25(12-15)16-5-4-6-17(9-16)26-3/h4-10,12-13H,11H2,1-3H3. The highest BCUT2D eigenvalue weighted by Crippen LogP contribution is 2.19. The number of rotatable bonds is 5. The second-order valence-electron chi connectivity index (χ2n) is 6.16. The first-order valence-corrected chi connectivity index (χ1v) is 8.33. The summed E-state index contributed by atoms with van der Waals surface area (Å²) in [6.07, 6.45) is 9.64. The molecule has 1 aromatic carbocycles. The van der Waals surface area contributed by atoms with E-state index in [1.54, 1.807) is 13.3 Å². The Morgan fingerprint density at radius 3 is 2.85 bits per heavy atom. The van der Waals surface area contributed by atoms with Crippen LogP contribution in [0, 0.1) is 6.92 Å². The molecule has 0 aliphatic heterocycles. The van der Waals surface area contributed by atoms with Crippen LogP contribution in [-0.4, -0.2) is 36.0 Å². The summed E-state index contributed by atoms with van der Waals surface area (Å²) in [7, 11) is 3.64. The molecule has 0 aliphatic carbocycles. The average Bonchev–Trinajstić information content (AvgIpc) is 3.37. The maximum atomic E-state index is 5.28. The highest BCUT2D eigenvalue weighted by molar-refractivity contribution is 5.49. The molecule has 0 atom stereocenters. The normalized spacial score (nSPS) is 11.0. The van der Waals surface area contributed by atoms with Gasteiger partial charge in [0.1, 0.15) is 17.3 Å². The zero-order valence-electron chi connectivity index (χ0n) is 15.0. The zero-order chi connectivity index (χ0) is 18.1. The smallest absolute Gasteiger partial charge is 0.160 e. The summed E-state index contributed by atoms with van der Waals surface area (Å²) in [5.41, 5.74) is 2.91. The number of benzene rings is 1. The number of nitrogens with zero attached hydrogens (tertiary/aromatic N) is 6. The van der Waals surface area contributed by atoms with E-state index in [1.807, 2.05) is 72.3 Å². The molecule has 132 valence electrons. The minimum absolute atomic E-state index is 0.676. The van der Waals surface area contributed by atoms with Crippen LogP contribution in [0.5, 0.6) is 5.75 Å². The maximum absolute atomic E-state index is 5.28. The largest absolute Gasteiger partial charge is 0.497 e. The lowest BCUT2D eigenvalue weighted by Gasteiger charge is -2.05. The Labute approximate surface area is 151 Å². The van der Waals surface area contributed by atoms with Crippen molar-refractivity contribution in [2.75, 3.05) is 7.11 Å². The third-order valence-electron chi connectivity index (χ3n) is 4.36. The molecule has 7 nitrogen and oxygen atoms in total. The molecule has 4 rings (SSSR count). The monoisotopic (exact) mass is 348 g/mol. The van der Waals surface area contributed by atoms with Crippen LogP contribution in [0.3, 0.4) is 0 Å². The summed E-state index contributed by atoms with van der Waals surface area (Å²) in [4.78, 5) is 9.04. The molecule has 0 fully saturated rings. The van der Waals surface area contributed by atoms with Gasteiger partial charge >= 0.3 is 0 Å². The lowest BCUT2D eigenvalue weighted by molar-refractivity contribution is 0.414. The van der Waals surface area contributed by atoms with Gasteiger partial charge in [-0.05, 0) is 19.1 Å². The van der Waals surface area contributed by atoms with Crippen LogP contribution < -0.4 is 4.74 Å². The Hall–Kier alpha value is -3.35. The van der Waals surface area contributed by atoms with Gasteiger partial charge in [-0.3, -0.25) is 0 Å². The van der Waals surface area contributed by atoms with Crippen LogP contribution in [0.1, 0.15) is 11.4 Å². The molecule has 0 saturated heterocycles. The number of aromatic nitrogens is 6. The fourth-order valence-corrected chi connectivity index (χ4v) is 2.87.